The predicted molar refractivity (Wildman–Crippen MR) is 87.0 cm³/mol. The number of thiocarbonyl (C=S) groups is 1. The Morgan fingerprint density at radius 2 is 1.84 bits per heavy atom. The van der Waals surface area contributed by atoms with E-state index in [-0.39, 0.29) is 0 Å². The van der Waals surface area contributed by atoms with Crippen molar-refractivity contribution in [2.45, 2.75) is 16.7 Å². The maximum atomic E-state index is 5.09. The third kappa shape index (κ3) is 2.33. The zero-order valence-electron chi connectivity index (χ0n) is 10.8. The van der Waals surface area contributed by atoms with Crippen molar-refractivity contribution in [3.05, 3.63) is 42.5 Å². The number of anilines is 3. The molecule has 4 heteroatoms. The second-order valence-corrected chi connectivity index (χ2v) is 6.19. The van der Waals surface area contributed by atoms with Gasteiger partial charge in [-0.05, 0) is 37.3 Å². The molecule has 96 valence electrons. The number of nitrogens with one attached hydrogen (secondary N) is 1. The van der Waals surface area contributed by atoms with Gasteiger partial charge in [0, 0.05) is 22.5 Å². The van der Waals surface area contributed by atoms with Crippen LogP contribution in [0.15, 0.2) is 52.3 Å². The van der Waals surface area contributed by atoms with Crippen LogP contribution in [0.3, 0.4) is 0 Å². The normalized spacial score (nSPS) is 12.6. The lowest BCUT2D eigenvalue weighted by Gasteiger charge is -2.29. The van der Waals surface area contributed by atoms with Crippen molar-refractivity contribution in [3.8, 4) is 0 Å². The molecule has 0 fully saturated rings. The van der Waals surface area contributed by atoms with Crippen molar-refractivity contribution in [3.63, 3.8) is 0 Å². The third-order valence-electron chi connectivity index (χ3n) is 3.09. The van der Waals surface area contributed by atoms with E-state index in [4.69, 9.17) is 12.2 Å². The summed E-state index contributed by atoms with van der Waals surface area (Å²) >= 11 is 6.89. The van der Waals surface area contributed by atoms with E-state index in [1.807, 2.05) is 6.92 Å². The molecule has 2 aromatic carbocycles. The Hall–Kier alpha value is -1.52. The standard InChI is InChI=1S/C15H14N2S2/c1-10(18)16-11-7-8-13-15(9-11)19-14-6-4-3-5-12(14)17(13)2/h3-9H,1-2H3,(H,16,18). The Kier molecular flexibility index (Phi) is 3.21. The van der Waals surface area contributed by atoms with E-state index in [2.05, 4.69) is 59.7 Å². The highest BCUT2D eigenvalue weighted by Gasteiger charge is 2.20. The first-order valence-electron chi connectivity index (χ1n) is 6.07. The number of para-hydroxylation sites is 1. The summed E-state index contributed by atoms with van der Waals surface area (Å²) in [6.07, 6.45) is 0. The van der Waals surface area contributed by atoms with Crippen LogP contribution in [0.4, 0.5) is 17.1 Å². The average molecular weight is 286 g/mol. The van der Waals surface area contributed by atoms with Crippen molar-refractivity contribution >= 4 is 46.0 Å². The van der Waals surface area contributed by atoms with Crippen LogP contribution in [0.5, 0.6) is 0 Å². The molecule has 0 unspecified atom stereocenters. The monoisotopic (exact) mass is 286 g/mol. The molecule has 0 amide bonds. The van der Waals surface area contributed by atoms with Crippen molar-refractivity contribution in [1.29, 1.82) is 0 Å². The molecule has 0 saturated heterocycles. The quantitative estimate of drug-likeness (QED) is 0.765. The lowest BCUT2D eigenvalue weighted by atomic mass is 10.2. The molecule has 0 spiro atoms. The third-order valence-corrected chi connectivity index (χ3v) is 4.30. The first kappa shape index (κ1) is 12.5. The van der Waals surface area contributed by atoms with E-state index >= 15 is 0 Å². The van der Waals surface area contributed by atoms with E-state index in [0.717, 1.165) is 10.7 Å². The summed E-state index contributed by atoms with van der Waals surface area (Å²) in [7, 11) is 2.11. The van der Waals surface area contributed by atoms with Crippen LogP contribution in [0.25, 0.3) is 0 Å². The molecule has 0 aromatic heterocycles. The summed E-state index contributed by atoms with van der Waals surface area (Å²) in [5.41, 5.74) is 3.54. The van der Waals surface area contributed by atoms with Crippen LogP contribution in [0, 0.1) is 0 Å². The van der Waals surface area contributed by atoms with Gasteiger partial charge < -0.3 is 10.2 Å². The fraction of sp³-hybridized carbons (Fsp3) is 0.133. The fourth-order valence-corrected chi connectivity index (χ4v) is 3.53. The van der Waals surface area contributed by atoms with Crippen molar-refractivity contribution < 1.29 is 0 Å². The molecule has 19 heavy (non-hydrogen) atoms. The van der Waals surface area contributed by atoms with E-state index in [0.29, 0.717) is 0 Å². The minimum absolute atomic E-state index is 0.787. The highest BCUT2D eigenvalue weighted by molar-refractivity contribution is 7.99. The number of hydrogen-bond acceptors (Lipinski definition) is 3. The molecular formula is C15H14N2S2. The topological polar surface area (TPSA) is 15.3 Å². The van der Waals surface area contributed by atoms with Gasteiger partial charge in [-0.1, -0.05) is 36.1 Å². The minimum atomic E-state index is 0.787. The lowest BCUT2D eigenvalue weighted by Crippen LogP contribution is -2.14. The summed E-state index contributed by atoms with van der Waals surface area (Å²) in [5, 5.41) is 3.19. The molecule has 0 atom stereocenters. The number of nitrogens with zero attached hydrogens (tertiary/aromatic N) is 1. The molecule has 2 nitrogen and oxygen atoms in total. The summed E-state index contributed by atoms with van der Waals surface area (Å²) in [6, 6.07) is 14.8. The molecule has 1 heterocycles. The zero-order valence-corrected chi connectivity index (χ0v) is 12.4. The Labute approximate surface area is 122 Å². The van der Waals surface area contributed by atoms with Crippen LogP contribution in [-0.4, -0.2) is 12.0 Å². The summed E-state index contributed by atoms with van der Waals surface area (Å²) in [6.45, 7) is 1.89. The Morgan fingerprint density at radius 3 is 2.63 bits per heavy atom. The molecule has 0 radical (unpaired) electrons. The SMILES string of the molecule is CC(=S)Nc1ccc2c(c1)Sc1ccccc1N2C. The van der Waals surface area contributed by atoms with Crippen LogP contribution in [-0.2, 0) is 0 Å². The Morgan fingerprint density at radius 1 is 1.11 bits per heavy atom. The molecule has 1 aliphatic heterocycles. The van der Waals surface area contributed by atoms with Crippen molar-refractivity contribution in [2.75, 3.05) is 17.3 Å². The minimum Gasteiger partial charge on any atom is -0.350 e. The van der Waals surface area contributed by atoms with Gasteiger partial charge in [-0.15, -0.1) is 0 Å². The second kappa shape index (κ2) is 4.87. The summed E-state index contributed by atoms with van der Waals surface area (Å²) in [4.78, 5) is 5.56. The first-order chi connectivity index (χ1) is 9.15. The van der Waals surface area contributed by atoms with Gasteiger partial charge in [-0.2, -0.15) is 0 Å². The van der Waals surface area contributed by atoms with Crippen LogP contribution in [0.2, 0.25) is 0 Å². The van der Waals surface area contributed by atoms with Gasteiger partial charge in [-0.25, -0.2) is 0 Å². The smallest absolute Gasteiger partial charge is 0.0765 e. The molecule has 3 rings (SSSR count). The molecule has 2 aromatic rings. The first-order valence-corrected chi connectivity index (χ1v) is 7.30. The molecule has 0 saturated carbocycles. The highest BCUT2D eigenvalue weighted by atomic mass is 32.2. The average Bonchev–Trinajstić information content (AvgIpc) is 2.38. The van der Waals surface area contributed by atoms with Crippen LogP contribution < -0.4 is 10.2 Å². The fourth-order valence-electron chi connectivity index (χ4n) is 2.22. The number of hydrogen-bond donors (Lipinski definition) is 1. The Bertz CT molecular complexity index is 652. The highest BCUT2D eigenvalue weighted by Crippen LogP contribution is 2.47. The van der Waals surface area contributed by atoms with Crippen LogP contribution >= 0.6 is 24.0 Å². The maximum Gasteiger partial charge on any atom is 0.0765 e. The van der Waals surface area contributed by atoms with Gasteiger partial charge >= 0.3 is 0 Å². The van der Waals surface area contributed by atoms with E-state index in [9.17, 15) is 0 Å². The van der Waals surface area contributed by atoms with E-state index in [1.54, 1.807) is 11.8 Å². The van der Waals surface area contributed by atoms with Gasteiger partial charge in [0.2, 0.25) is 0 Å². The van der Waals surface area contributed by atoms with Gasteiger partial charge in [0.15, 0.2) is 0 Å². The number of fused-ring (bicyclic) bond motifs is 2. The van der Waals surface area contributed by atoms with Crippen molar-refractivity contribution in [2.24, 2.45) is 0 Å². The number of rotatable bonds is 1. The Balaban J connectivity index is 2.03. The van der Waals surface area contributed by atoms with Gasteiger partial charge in [0.1, 0.15) is 0 Å². The largest absolute Gasteiger partial charge is 0.350 e. The van der Waals surface area contributed by atoms with E-state index in [1.165, 1.54) is 21.2 Å². The number of benzene rings is 2. The molecular weight excluding hydrogens is 272 g/mol. The summed E-state index contributed by atoms with van der Waals surface area (Å²) < 4.78 is 0. The predicted octanol–water partition coefficient (Wildman–Crippen LogP) is 4.68. The van der Waals surface area contributed by atoms with Crippen LogP contribution in [0.1, 0.15) is 6.92 Å². The second-order valence-electron chi connectivity index (χ2n) is 4.49. The summed E-state index contributed by atoms with van der Waals surface area (Å²) in [5.74, 6) is 0. The van der Waals surface area contributed by atoms with E-state index < -0.39 is 0 Å². The molecule has 1 aliphatic rings. The molecule has 0 aliphatic carbocycles. The van der Waals surface area contributed by atoms with Gasteiger partial charge in [0.25, 0.3) is 0 Å². The molecule has 1 N–H and O–H groups in total. The lowest BCUT2D eigenvalue weighted by molar-refractivity contribution is 1.11. The zero-order chi connectivity index (χ0) is 13.4. The van der Waals surface area contributed by atoms with Gasteiger partial charge in [0.05, 0.1) is 16.4 Å². The van der Waals surface area contributed by atoms with Crippen molar-refractivity contribution in [1.82, 2.24) is 0 Å². The van der Waals surface area contributed by atoms with Gasteiger partial charge in [-0.3, -0.25) is 0 Å². The maximum absolute atomic E-state index is 5.09. The molecule has 0 bridgehead atoms.